The lowest BCUT2D eigenvalue weighted by atomic mass is 10.1. The summed E-state index contributed by atoms with van der Waals surface area (Å²) in [4.78, 5) is 12.7. The van der Waals surface area contributed by atoms with Crippen molar-refractivity contribution in [1.29, 1.82) is 0 Å². The molecule has 1 aliphatic rings. The molecule has 0 unspecified atom stereocenters. The molecule has 24 heavy (non-hydrogen) atoms. The Morgan fingerprint density at radius 1 is 1.17 bits per heavy atom. The molecule has 0 spiro atoms. The van der Waals surface area contributed by atoms with Crippen molar-refractivity contribution in [2.24, 2.45) is 0 Å². The van der Waals surface area contributed by atoms with Crippen LogP contribution in [0.4, 0.5) is 0 Å². The van der Waals surface area contributed by atoms with Crippen molar-refractivity contribution >= 4 is 11.0 Å². The van der Waals surface area contributed by atoms with Gasteiger partial charge in [-0.05, 0) is 18.2 Å². The van der Waals surface area contributed by atoms with E-state index in [1.807, 2.05) is 18.2 Å². The number of fused-ring (bicyclic) bond motifs is 1. The van der Waals surface area contributed by atoms with E-state index in [1.54, 1.807) is 23.2 Å². The molecule has 4 heterocycles. The molecule has 1 aliphatic heterocycles. The highest BCUT2D eigenvalue weighted by molar-refractivity contribution is 5.90. The highest BCUT2D eigenvalue weighted by Gasteiger charge is 2.43. The predicted octanol–water partition coefficient (Wildman–Crippen LogP) is 0.105. The first-order valence-electron chi connectivity index (χ1n) is 7.55. The molecular weight excluding hydrogens is 312 g/mol. The molecule has 0 aliphatic carbocycles. The van der Waals surface area contributed by atoms with Crippen molar-refractivity contribution in [2.45, 2.75) is 24.5 Å². The van der Waals surface area contributed by atoms with Crippen LogP contribution in [0.2, 0.25) is 0 Å². The van der Waals surface area contributed by atoms with Crippen molar-refractivity contribution in [3.63, 3.8) is 0 Å². The normalized spacial score (nSPS) is 27.0. The standard InChI is InChI=1S/C16H16N4O4/c21-7-11-13(22)14(23)16(24-11)20-5-3-10-12(18-8-19-15(10)20)9-2-1-4-17-6-9/h1-6,8,11,13-14,16,21-23H,7H2/t11-,13-,14-,16-/m1/s1. The van der Waals surface area contributed by atoms with E-state index in [0.717, 1.165) is 16.6 Å². The Labute approximate surface area is 137 Å². The van der Waals surface area contributed by atoms with Crippen LogP contribution in [0.1, 0.15) is 6.23 Å². The summed E-state index contributed by atoms with van der Waals surface area (Å²) in [6.07, 6.45) is 2.58. The third-order valence-electron chi connectivity index (χ3n) is 4.24. The number of ether oxygens (including phenoxy) is 1. The highest BCUT2D eigenvalue weighted by atomic mass is 16.6. The van der Waals surface area contributed by atoms with Gasteiger partial charge < -0.3 is 24.6 Å². The number of rotatable bonds is 3. The molecule has 0 aromatic carbocycles. The SMILES string of the molecule is OC[C@H]1O[C@@H](n2ccc3c(-c4cccnc4)ncnc32)[C@H](O)[C@@H]1O. The van der Waals surface area contributed by atoms with Crippen LogP contribution in [0, 0.1) is 0 Å². The van der Waals surface area contributed by atoms with Crippen molar-refractivity contribution in [2.75, 3.05) is 6.61 Å². The zero-order valence-corrected chi connectivity index (χ0v) is 12.6. The molecule has 1 fully saturated rings. The van der Waals surface area contributed by atoms with Crippen LogP contribution < -0.4 is 0 Å². The molecule has 4 atom stereocenters. The number of aromatic nitrogens is 4. The van der Waals surface area contributed by atoms with Gasteiger partial charge in [0.2, 0.25) is 0 Å². The van der Waals surface area contributed by atoms with E-state index < -0.39 is 24.5 Å². The van der Waals surface area contributed by atoms with Crippen LogP contribution in [-0.4, -0.2) is 59.8 Å². The maximum atomic E-state index is 10.2. The zero-order valence-electron chi connectivity index (χ0n) is 12.6. The van der Waals surface area contributed by atoms with Gasteiger partial charge in [-0.3, -0.25) is 4.98 Å². The second kappa shape index (κ2) is 5.91. The number of pyridine rings is 1. The molecule has 0 bridgehead atoms. The summed E-state index contributed by atoms with van der Waals surface area (Å²) in [6.45, 7) is -0.371. The number of hydrogen-bond donors (Lipinski definition) is 3. The van der Waals surface area contributed by atoms with Gasteiger partial charge in [0.25, 0.3) is 0 Å². The molecule has 8 heteroatoms. The fourth-order valence-electron chi connectivity index (χ4n) is 3.02. The minimum Gasteiger partial charge on any atom is -0.394 e. The van der Waals surface area contributed by atoms with Gasteiger partial charge in [-0.25, -0.2) is 9.97 Å². The smallest absolute Gasteiger partial charge is 0.164 e. The van der Waals surface area contributed by atoms with Gasteiger partial charge in [-0.2, -0.15) is 0 Å². The van der Waals surface area contributed by atoms with Crippen LogP contribution in [0.15, 0.2) is 43.1 Å². The maximum absolute atomic E-state index is 10.2. The van der Waals surface area contributed by atoms with E-state index in [0.29, 0.717) is 5.65 Å². The monoisotopic (exact) mass is 328 g/mol. The Bertz CT molecular complexity index is 854. The van der Waals surface area contributed by atoms with Crippen molar-refractivity contribution in [1.82, 2.24) is 19.5 Å². The van der Waals surface area contributed by atoms with Crippen molar-refractivity contribution < 1.29 is 20.1 Å². The van der Waals surface area contributed by atoms with E-state index in [1.165, 1.54) is 6.33 Å². The first-order valence-corrected chi connectivity index (χ1v) is 7.55. The molecule has 4 rings (SSSR count). The molecule has 0 amide bonds. The maximum Gasteiger partial charge on any atom is 0.164 e. The van der Waals surface area contributed by atoms with Gasteiger partial charge in [-0.1, -0.05) is 0 Å². The Hall–Kier alpha value is -2.39. The number of hydrogen-bond acceptors (Lipinski definition) is 7. The lowest BCUT2D eigenvalue weighted by Crippen LogP contribution is -2.33. The fourth-order valence-corrected chi connectivity index (χ4v) is 3.02. The fraction of sp³-hybridized carbons (Fsp3) is 0.312. The lowest BCUT2D eigenvalue weighted by Gasteiger charge is -2.17. The Morgan fingerprint density at radius 2 is 2.04 bits per heavy atom. The van der Waals surface area contributed by atoms with E-state index in [-0.39, 0.29) is 6.61 Å². The number of aliphatic hydroxyl groups is 3. The summed E-state index contributed by atoms with van der Waals surface area (Å²) in [5, 5.41) is 30.2. The summed E-state index contributed by atoms with van der Waals surface area (Å²) >= 11 is 0. The van der Waals surface area contributed by atoms with E-state index in [9.17, 15) is 15.3 Å². The third-order valence-corrected chi connectivity index (χ3v) is 4.24. The molecule has 1 saturated heterocycles. The van der Waals surface area contributed by atoms with Crippen LogP contribution in [0.5, 0.6) is 0 Å². The molecule has 3 aromatic rings. The topological polar surface area (TPSA) is 114 Å². The number of nitrogens with zero attached hydrogens (tertiary/aromatic N) is 4. The minimum absolute atomic E-state index is 0.371. The summed E-state index contributed by atoms with van der Waals surface area (Å²) in [6, 6.07) is 5.55. The average molecular weight is 328 g/mol. The van der Waals surface area contributed by atoms with Gasteiger partial charge in [-0.15, -0.1) is 0 Å². The predicted molar refractivity (Wildman–Crippen MR) is 83.8 cm³/mol. The van der Waals surface area contributed by atoms with Gasteiger partial charge in [0, 0.05) is 29.5 Å². The molecule has 0 radical (unpaired) electrons. The average Bonchev–Trinajstić information content (AvgIpc) is 3.17. The van der Waals surface area contributed by atoms with Crippen LogP contribution >= 0.6 is 0 Å². The first-order chi connectivity index (χ1) is 11.7. The quantitative estimate of drug-likeness (QED) is 0.625. The summed E-state index contributed by atoms with van der Waals surface area (Å²) in [5.41, 5.74) is 2.14. The van der Waals surface area contributed by atoms with Gasteiger partial charge in [0.05, 0.1) is 12.3 Å². The molecule has 8 nitrogen and oxygen atoms in total. The second-order valence-electron chi connectivity index (χ2n) is 5.65. The van der Waals surface area contributed by atoms with Gasteiger partial charge in [0.1, 0.15) is 30.3 Å². The van der Waals surface area contributed by atoms with Gasteiger partial charge in [0.15, 0.2) is 6.23 Å². The van der Waals surface area contributed by atoms with E-state index in [4.69, 9.17) is 4.74 Å². The summed E-state index contributed by atoms with van der Waals surface area (Å²) in [7, 11) is 0. The molecule has 124 valence electrons. The summed E-state index contributed by atoms with van der Waals surface area (Å²) < 4.78 is 7.21. The van der Waals surface area contributed by atoms with Gasteiger partial charge >= 0.3 is 0 Å². The first kappa shape index (κ1) is 15.2. The minimum atomic E-state index is -1.16. The lowest BCUT2D eigenvalue weighted by molar-refractivity contribution is -0.0508. The molecular formula is C16H16N4O4. The van der Waals surface area contributed by atoms with E-state index >= 15 is 0 Å². The van der Waals surface area contributed by atoms with Crippen LogP contribution in [0.3, 0.4) is 0 Å². The Kier molecular flexibility index (Phi) is 3.73. The van der Waals surface area contributed by atoms with Crippen LogP contribution in [-0.2, 0) is 4.74 Å². The molecule has 3 aromatic heterocycles. The highest BCUT2D eigenvalue weighted by Crippen LogP contribution is 2.33. The molecule has 0 saturated carbocycles. The Morgan fingerprint density at radius 3 is 2.75 bits per heavy atom. The van der Waals surface area contributed by atoms with Crippen molar-refractivity contribution in [3.05, 3.63) is 43.1 Å². The van der Waals surface area contributed by atoms with E-state index in [2.05, 4.69) is 15.0 Å². The largest absolute Gasteiger partial charge is 0.394 e. The Balaban J connectivity index is 1.80. The second-order valence-corrected chi connectivity index (χ2v) is 5.65. The van der Waals surface area contributed by atoms with Crippen LogP contribution in [0.25, 0.3) is 22.3 Å². The zero-order chi connectivity index (χ0) is 16.7. The molecule has 3 N–H and O–H groups in total. The third kappa shape index (κ3) is 2.28. The summed E-state index contributed by atoms with van der Waals surface area (Å²) in [5.74, 6) is 0. The number of aliphatic hydroxyl groups excluding tert-OH is 3. The van der Waals surface area contributed by atoms with Crippen molar-refractivity contribution in [3.8, 4) is 11.3 Å².